The number of likely N-dealkylation sites (tertiary alicyclic amines) is 1. The molecule has 8 nitrogen and oxygen atoms in total. The van der Waals surface area contributed by atoms with E-state index in [0.29, 0.717) is 11.6 Å². The molecule has 1 N–H and O–H groups in total. The van der Waals surface area contributed by atoms with E-state index < -0.39 is 12.1 Å². The van der Waals surface area contributed by atoms with Crippen LogP contribution in [0, 0.1) is 0 Å². The Hall–Kier alpha value is -3.11. The lowest BCUT2D eigenvalue weighted by atomic mass is 10.1. The molecule has 150 valence electrons. The van der Waals surface area contributed by atoms with Crippen molar-refractivity contribution in [3.05, 3.63) is 42.6 Å². The fourth-order valence-electron chi connectivity index (χ4n) is 3.48. The smallest absolute Gasteiger partial charge is 0.475 e. The molecular weight excluding hydrogens is 381 g/mol. The number of amides is 1. The molecule has 0 unspecified atom stereocenters. The van der Waals surface area contributed by atoms with E-state index in [1.807, 2.05) is 11.0 Å². The Kier molecular flexibility index (Phi) is 5.52. The molecule has 0 saturated carbocycles. The molecule has 2 saturated heterocycles. The summed E-state index contributed by atoms with van der Waals surface area (Å²) >= 11 is 0. The largest absolute Gasteiger partial charge is 0.490 e. The molecule has 2 aromatic heterocycles. The first-order valence-corrected chi connectivity index (χ1v) is 8.46. The summed E-state index contributed by atoms with van der Waals surface area (Å²) in [5, 5.41) is 7.12. The van der Waals surface area contributed by atoms with Crippen molar-refractivity contribution in [2.24, 2.45) is 0 Å². The van der Waals surface area contributed by atoms with Gasteiger partial charge in [-0.25, -0.2) is 14.8 Å². The molecule has 4 rings (SSSR count). The van der Waals surface area contributed by atoms with Gasteiger partial charge >= 0.3 is 12.1 Å². The average molecular weight is 398 g/mol. The van der Waals surface area contributed by atoms with Crippen LogP contribution < -0.4 is 4.90 Å². The summed E-state index contributed by atoms with van der Waals surface area (Å²) in [5.41, 5.74) is 0.630. The number of rotatable bonds is 2. The zero-order valence-corrected chi connectivity index (χ0v) is 14.5. The Morgan fingerprint density at radius 3 is 2.36 bits per heavy atom. The summed E-state index contributed by atoms with van der Waals surface area (Å²) in [4.78, 5) is 34.3. The number of carboxylic acids is 1. The maximum Gasteiger partial charge on any atom is 0.490 e. The summed E-state index contributed by atoms with van der Waals surface area (Å²) in [5.74, 6) is -1.93. The number of aliphatic carboxylic acids is 1. The fraction of sp³-hybridized carbons (Fsp3) is 0.412. The second-order valence-electron chi connectivity index (χ2n) is 6.27. The van der Waals surface area contributed by atoms with E-state index in [4.69, 9.17) is 14.3 Å². The molecule has 2 aliphatic rings. The number of hydrogen-bond acceptors (Lipinski definition) is 6. The molecule has 0 radical (unpaired) electrons. The Labute approximate surface area is 157 Å². The number of fused-ring (bicyclic) bond motifs is 1. The third-order valence-corrected chi connectivity index (χ3v) is 4.66. The van der Waals surface area contributed by atoms with Crippen molar-refractivity contribution in [3.63, 3.8) is 0 Å². The average Bonchev–Trinajstić information content (AvgIpc) is 3.39. The van der Waals surface area contributed by atoms with Crippen LogP contribution in [0.1, 0.15) is 23.2 Å². The minimum Gasteiger partial charge on any atom is -0.475 e. The van der Waals surface area contributed by atoms with E-state index in [9.17, 15) is 18.0 Å². The van der Waals surface area contributed by atoms with Crippen LogP contribution in [-0.4, -0.2) is 63.2 Å². The Morgan fingerprint density at radius 2 is 1.79 bits per heavy atom. The van der Waals surface area contributed by atoms with Crippen LogP contribution in [0.4, 0.5) is 19.1 Å². The maximum atomic E-state index is 12.5. The van der Waals surface area contributed by atoms with Crippen LogP contribution >= 0.6 is 0 Å². The SMILES string of the molecule is O=C(O)C(F)(F)F.O=C(c1ccoc1)N1CC[C@H]2[C@H]1CCN2c1ncccn1. The molecule has 0 aromatic carbocycles. The van der Waals surface area contributed by atoms with Gasteiger partial charge in [0, 0.05) is 25.5 Å². The lowest BCUT2D eigenvalue weighted by Gasteiger charge is -2.25. The first-order valence-electron chi connectivity index (χ1n) is 8.46. The first kappa shape index (κ1) is 19.6. The Bertz CT molecular complexity index is 814. The Balaban J connectivity index is 0.000000279. The number of alkyl halides is 3. The van der Waals surface area contributed by atoms with Gasteiger partial charge in [0.1, 0.15) is 6.26 Å². The molecule has 28 heavy (non-hydrogen) atoms. The second kappa shape index (κ2) is 7.87. The lowest BCUT2D eigenvalue weighted by Crippen LogP contribution is -2.40. The molecular formula is C17H17F3N4O4. The van der Waals surface area contributed by atoms with E-state index in [0.717, 1.165) is 31.9 Å². The summed E-state index contributed by atoms with van der Waals surface area (Å²) in [6.07, 6.45) is 3.43. The molecule has 4 heterocycles. The molecule has 2 aliphatic heterocycles. The van der Waals surface area contributed by atoms with Gasteiger partial charge < -0.3 is 19.3 Å². The highest BCUT2D eigenvalue weighted by atomic mass is 19.4. The van der Waals surface area contributed by atoms with Gasteiger partial charge in [0.05, 0.1) is 23.9 Å². The summed E-state index contributed by atoms with van der Waals surface area (Å²) < 4.78 is 36.8. The van der Waals surface area contributed by atoms with Crippen LogP contribution in [0.25, 0.3) is 0 Å². The van der Waals surface area contributed by atoms with E-state index in [-0.39, 0.29) is 11.9 Å². The van der Waals surface area contributed by atoms with E-state index in [1.54, 1.807) is 24.7 Å². The number of carboxylic acid groups (broad SMARTS) is 1. The molecule has 0 aliphatic carbocycles. The highest BCUT2D eigenvalue weighted by Gasteiger charge is 2.45. The molecule has 2 atom stereocenters. The summed E-state index contributed by atoms with van der Waals surface area (Å²) in [6, 6.07) is 4.11. The van der Waals surface area contributed by atoms with Gasteiger partial charge in [-0.3, -0.25) is 4.79 Å². The van der Waals surface area contributed by atoms with Crippen LogP contribution in [0.3, 0.4) is 0 Å². The number of nitrogens with zero attached hydrogens (tertiary/aromatic N) is 4. The van der Waals surface area contributed by atoms with Gasteiger partial charge in [0.15, 0.2) is 0 Å². The fourth-order valence-corrected chi connectivity index (χ4v) is 3.48. The van der Waals surface area contributed by atoms with Gasteiger partial charge in [0.2, 0.25) is 5.95 Å². The van der Waals surface area contributed by atoms with Crippen molar-refractivity contribution >= 4 is 17.8 Å². The topological polar surface area (TPSA) is 99.8 Å². The zero-order valence-electron chi connectivity index (χ0n) is 14.5. The number of furan rings is 1. The number of halogens is 3. The minimum atomic E-state index is -5.08. The summed E-state index contributed by atoms with van der Waals surface area (Å²) in [7, 11) is 0. The number of carbonyl (C=O) groups excluding carboxylic acids is 1. The molecule has 2 aromatic rings. The number of aromatic nitrogens is 2. The van der Waals surface area contributed by atoms with Gasteiger partial charge in [-0.15, -0.1) is 0 Å². The van der Waals surface area contributed by atoms with Crippen molar-refractivity contribution in [2.75, 3.05) is 18.0 Å². The lowest BCUT2D eigenvalue weighted by molar-refractivity contribution is -0.192. The molecule has 0 bridgehead atoms. The highest BCUT2D eigenvalue weighted by Crippen LogP contribution is 2.34. The number of carbonyl (C=O) groups is 2. The quantitative estimate of drug-likeness (QED) is 0.828. The van der Waals surface area contributed by atoms with Crippen LogP contribution in [0.2, 0.25) is 0 Å². The molecule has 2 fully saturated rings. The Morgan fingerprint density at radius 1 is 1.14 bits per heavy atom. The molecule has 0 spiro atoms. The predicted octanol–water partition coefficient (Wildman–Crippen LogP) is 2.20. The zero-order chi connectivity index (χ0) is 20.3. The van der Waals surface area contributed by atoms with Crippen molar-refractivity contribution in [3.8, 4) is 0 Å². The van der Waals surface area contributed by atoms with E-state index >= 15 is 0 Å². The third-order valence-electron chi connectivity index (χ3n) is 4.66. The minimum absolute atomic E-state index is 0.0621. The maximum absolute atomic E-state index is 12.5. The van der Waals surface area contributed by atoms with Gasteiger partial charge in [-0.05, 0) is 25.0 Å². The molecule has 1 amide bonds. The van der Waals surface area contributed by atoms with Crippen molar-refractivity contribution < 1.29 is 32.3 Å². The standard InChI is InChI=1S/C15H16N4O2.C2HF3O2/c20-14(11-4-9-21-10-11)18-7-2-13-12(18)3-8-19(13)15-16-5-1-6-17-15;3-2(4,5)1(6)7/h1,4-6,9-10,12-13H,2-3,7-8H2;(H,6,7)/t12-,13+;/m1./s1. The highest BCUT2D eigenvalue weighted by molar-refractivity contribution is 5.94. The van der Waals surface area contributed by atoms with Crippen LogP contribution in [0.15, 0.2) is 41.5 Å². The van der Waals surface area contributed by atoms with Crippen molar-refractivity contribution in [1.82, 2.24) is 14.9 Å². The normalized spacial score (nSPS) is 21.1. The number of anilines is 1. The van der Waals surface area contributed by atoms with E-state index in [2.05, 4.69) is 14.9 Å². The summed E-state index contributed by atoms with van der Waals surface area (Å²) in [6.45, 7) is 1.68. The third kappa shape index (κ3) is 4.07. The van der Waals surface area contributed by atoms with Gasteiger partial charge in [-0.2, -0.15) is 13.2 Å². The number of hydrogen-bond donors (Lipinski definition) is 1. The van der Waals surface area contributed by atoms with Crippen LogP contribution in [-0.2, 0) is 4.79 Å². The van der Waals surface area contributed by atoms with Crippen LogP contribution in [0.5, 0.6) is 0 Å². The monoisotopic (exact) mass is 398 g/mol. The van der Waals surface area contributed by atoms with Gasteiger partial charge in [-0.1, -0.05) is 0 Å². The predicted molar refractivity (Wildman–Crippen MR) is 89.6 cm³/mol. The second-order valence-corrected chi connectivity index (χ2v) is 6.27. The van der Waals surface area contributed by atoms with E-state index in [1.165, 1.54) is 6.26 Å². The first-order chi connectivity index (χ1) is 13.3. The van der Waals surface area contributed by atoms with Crippen molar-refractivity contribution in [2.45, 2.75) is 31.1 Å². The van der Waals surface area contributed by atoms with Crippen molar-refractivity contribution in [1.29, 1.82) is 0 Å². The van der Waals surface area contributed by atoms with Gasteiger partial charge in [0.25, 0.3) is 5.91 Å². The molecule has 11 heteroatoms.